The quantitative estimate of drug-likeness (QED) is 0.714. The van der Waals surface area contributed by atoms with E-state index in [0.29, 0.717) is 11.3 Å². The minimum absolute atomic E-state index is 0.00227. The van der Waals surface area contributed by atoms with E-state index in [1.54, 1.807) is 31.3 Å². The molecule has 0 saturated carbocycles. The van der Waals surface area contributed by atoms with E-state index < -0.39 is 0 Å². The Kier molecular flexibility index (Phi) is 8.96. The second-order valence-electron chi connectivity index (χ2n) is 7.95. The van der Waals surface area contributed by atoms with Crippen LogP contribution in [0.3, 0.4) is 0 Å². The van der Waals surface area contributed by atoms with Gasteiger partial charge in [-0.2, -0.15) is 0 Å². The Morgan fingerprint density at radius 1 is 0.964 bits per heavy atom. The number of amides is 4. The molecule has 156 valence electrons. The SMILES string of the molecule is CCCN(CCC)C(=O)c1ccc(NC(=O)N(C)CC(=O)NC(C)(C)C)cc1. The monoisotopic (exact) mass is 390 g/mol. The fourth-order valence-electron chi connectivity index (χ4n) is 2.70. The number of anilines is 1. The molecule has 0 fully saturated rings. The maximum absolute atomic E-state index is 12.6. The van der Waals surface area contributed by atoms with Crippen molar-refractivity contribution < 1.29 is 14.4 Å². The number of hydrogen-bond acceptors (Lipinski definition) is 3. The number of nitrogens with one attached hydrogen (secondary N) is 2. The molecule has 1 aromatic rings. The molecule has 0 saturated heterocycles. The standard InChI is InChI=1S/C21H34N4O3/c1-7-13-25(14-8-2)19(27)16-9-11-17(12-10-16)22-20(28)24(6)15-18(26)23-21(3,4)5/h9-12H,7-8,13-15H2,1-6H3,(H,22,28)(H,23,26). The van der Waals surface area contributed by atoms with Crippen LogP contribution in [-0.2, 0) is 4.79 Å². The van der Waals surface area contributed by atoms with Gasteiger partial charge in [-0.25, -0.2) is 4.79 Å². The minimum Gasteiger partial charge on any atom is -0.350 e. The van der Waals surface area contributed by atoms with Crippen molar-refractivity contribution in [1.82, 2.24) is 15.1 Å². The highest BCUT2D eigenvalue weighted by Gasteiger charge is 2.18. The predicted molar refractivity (Wildman–Crippen MR) is 112 cm³/mol. The lowest BCUT2D eigenvalue weighted by Gasteiger charge is -2.23. The van der Waals surface area contributed by atoms with Crippen LogP contribution >= 0.6 is 0 Å². The fourth-order valence-corrected chi connectivity index (χ4v) is 2.70. The van der Waals surface area contributed by atoms with Crippen LogP contribution in [0.15, 0.2) is 24.3 Å². The molecule has 0 unspecified atom stereocenters. The Morgan fingerprint density at radius 2 is 1.50 bits per heavy atom. The summed E-state index contributed by atoms with van der Waals surface area (Å²) in [6, 6.07) is 6.43. The summed E-state index contributed by atoms with van der Waals surface area (Å²) < 4.78 is 0. The van der Waals surface area contributed by atoms with E-state index in [0.717, 1.165) is 25.9 Å². The maximum Gasteiger partial charge on any atom is 0.322 e. The molecule has 4 amide bonds. The van der Waals surface area contributed by atoms with Gasteiger partial charge in [0, 0.05) is 36.9 Å². The highest BCUT2D eigenvalue weighted by atomic mass is 16.2. The second-order valence-corrected chi connectivity index (χ2v) is 7.95. The second kappa shape index (κ2) is 10.7. The third kappa shape index (κ3) is 7.98. The van der Waals surface area contributed by atoms with E-state index in [2.05, 4.69) is 10.6 Å². The summed E-state index contributed by atoms with van der Waals surface area (Å²) in [5.74, 6) is -0.226. The summed E-state index contributed by atoms with van der Waals surface area (Å²) in [6.07, 6.45) is 1.82. The summed E-state index contributed by atoms with van der Waals surface area (Å²) in [5, 5.41) is 5.55. The Hall–Kier alpha value is -2.57. The molecule has 0 atom stereocenters. The van der Waals surface area contributed by atoms with Gasteiger partial charge in [0.05, 0.1) is 0 Å². The van der Waals surface area contributed by atoms with Gasteiger partial charge >= 0.3 is 6.03 Å². The number of carbonyl (C=O) groups excluding carboxylic acids is 3. The Labute approximate surface area is 168 Å². The Bertz CT molecular complexity index is 659. The summed E-state index contributed by atoms with van der Waals surface area (Å²) >= 11 is 0. The molecule has 7 heteroatoms. The van der Waals surface area contributed by atoms with E-state index in [1.165, 1.54) is 4.90 Å². The Balaban J connectivity index is 2.67. The van der Waals surface area contributed by atoms with Crippen LogP contribution < -0.4 is 10.6 Å². The van der Waals surface area contributed by atoms with Crippen molar-refractivity contribution in [2.75, 3.05) is 32.0 Å². The first kappa shape index (κ1) is 23.5. The van der Waals surface area contributed by atoms with Crippen LogP contribution in [-0.4, -0.2) is 59.9 Å². The molecule has 0 aromatic heterocycles. The van der Waals surface area contributed by atoms with Gasteiger partial charge in [-0.05, 0) is 57.9 Å². The lowest BCUT2D eigenvalue weighted by molar-refractivity contribution is -0.122. The van der Waals surface area contributed by atoms with Crippen molar-refractivity contribution >= 4 is 23.5 Å². The molecule has 2 N–H and O–H groups in total. The van der Waals surface area contributed by atoms with Gasteiger partial charge in [0.1, 0.15) is 6.54 Å². The van der Waals surface area contributed by atoms with Gasteiger partial charge in [0.2, 0.25) is 5.91 Å². The number of urea groups is 1. The minimum atomic E-state index is -0.387. The van der Waals surface area contributed by atoms with E-state index in [9.17, 15) is 14.4 Å². The van der Waals surface area contributed by atoms with Crippen LogP contribution in [0.25, 0.3) is 0 Å². The van der Waals surface area contributed by atoms with Crippen molar-refractivity contribution in [3.05, 3.63) is 29.8 Å². The zero-order valence-electron chi connectivity index (χ0n) is 18.0. The number of likely N-dealkylation sites (N-methyl/N-ethyl adjacent to an activating group) is 1. The van der Waals surface area contributed by atoms with Crippen LogP contribution in [0, 0.1) is 0 Å². The molecule has 0 aliphatic rings. The van der Waals surface area contributed by atoms with E-state index in [-0.39, 0.29) is 29.9 Å². The Morgan fingerprint density at radius 3 is 1.96 bits per heavy atom. The fraction of sp³-hybridized carbons (Fsp3) is 0.571. The lowest BCUT2D eigenvalue weighted by Crippen LogP contribution is -2.47. The molecule has 1 rings (SSSR count). The lowest BCUT2D eigenvalue weighted by atomic mass is 10.1. The molecule has 0 heterocycles. The average molecular weight is 391 g/mol. The molecular weight excluding hydrogens is 356 g/mol. The number of hydrogen-bond donors (Lipinski definition) is 2. The summed E-state index contributed by atoms with van der Waals surface area (Å²) in [6.45, 7) is 11.2. The highest BCUT2D eigenvalue weighted by Crippen LogP contribution is 2.13. The smallest absolute Gasteiger partial charge is 0.322 e. The van der Waals surface area contributed by atoms with E-state index in [4.69, 9.17) is 0 Å². The highest BCUT2D eigenvalue weighted by molar-refractivity contribution is 5.96. The van der Waals surface area contributed by atoms with E-state index in [1.807, 2.05) is 39.5 Å². The maximum atomic E-state index is 12.6. The largest absolute Gasteiger partial charge is 0.350 e. The van der Waals surface area contributed by atoms with Gasteiger partial charge in [-0.15, -0.1) is 0 Å². The van der Waals surface area contributed by atoms with Crippen molar-refractivity contribution in [1.29, 1.82) is 0 Å². The van der Waals surface area contributed by atoms with Crippen LogP contribution in [0.4, 0.5) is 10.5 Å². The van der Waals surface area contributed by atoms with Crippen LogP contribution in [0.5, 0.6) is 0 Å². The van der Waals surface area contributed by atoms with Crippen molar-refractivity contribution in [2.24, 2.45) is 0 Å². The topological polar surface area (TPSA) is 81.8 Å². The molecule has 0 radical (unpaired) electrons. The van der Waals surface area contributed by atoms with Gasteiger partial charge in [-0.1, -0.05) is 13.8 Å². The number of nitrogens with zero attached hydrogens (tertiary/aromatic N) is 2. The first-order chi connectivity index (χ1) is 13.1. The summed E-state index contributed by atoms with van der Waals surface area (Å²) in [5.41, 5.74) is 0.820. The molecule has 7 nitrogen and oxygen atoms in total. The summed E-state index contributed by atoms with van der Waals surface area (Å²) in [7, 11) is 1.56. The number of rotatable bonds is 8. The van der Waals surface area contributed by atoms with E-state index >= 15 is 0 Å². The molecule has 0 bridgehead atoms. The molecule has 0 aliphatic carbocycles. The van der Waals surface area contributed by atoms with Crippen molar-refractivity contribution in [3.8, 4) is 0 Å². The van der Waals surface area contributed by atoms with Gasteiger partial charge in [-0.3, -0.25) is 9.59 Å². The normalized spacial score (nSPS) is 10.9. The molecular formula is C21H34N4O3. The number of benzene rings is 1. The van der Waals surface area contributed by atoms with Crippen molar-refractivity contribution in [2.45, 2.75) is 53.0 Å². The summed E-state index contributed by atoms with van der Waals surface area (Å²) in [4.78, 5) is 40.0. The average Bonchev–Trinajstić information content (AvgIpc) is 2.59. The molecule has 0 aliphatic heterocycles. The first-order valence-corrected chi connectivity index (χ1v) is 9.79. The zero-order valence-corrected chi connectivity index (χ0v) is 18.0. The van der Waals surface area contributed by atoms with Crippen LogP contribution in [0.1, 0.15) is 57.8 Å². The number of carbonyl (C=O) groups is 3. The zero-order chi connectivity index (χ0) is 21.3. The van der Waals surface area contributed by atoms with Gasteiger partial charge in [0.15, 0.2) is 0 Å². The van der Waals surface area contributed by atoms with Gasteiger partial charge in [0.25, 0.3) is 5.91 Å². The molecule has 28 heavy (non-hydrogen) atoms. The molecule has 1 aromatic carbocycles. The van der Waals surface area contributed by atoms with Crippen LogP contribution in [0.2, 0.25) is 0 Å². The molecule has 0 spiro atoms. The first-order valence-electron chi connectivity index (χ1n) is 9.79. The third-order valence-electron chi connectivity index (χ3n) is 3.90. The van der Waals surface area contributed by atoms with Crippen molar-refractivity contribution in [3.63, 3.8) is 0 Å². The van der Waals surface area contributed by atoms with Gasteiger partial charge < -0.3 is 20.4 Å². The third-order valence-corrected chi connectivity index (χ3v) is 3.90. The predicted octanol–water partition coefficient (Wildman–Crippen LogP) is 3.33.